The third-order valence-electron chi connectivity index (χ3n) is 8.95. The summed E-state index contributed by atoms with van der Waals surface area (Å²) in [5.41, 5.74) is 14.7. The van der Waals surface area contributed by atoms with Gasteiger partial charge in [0.2, 0.25) is 11.8 Å². The highest BCUT2D eigenvalue weighted by Crippen LogP contribution is 2.29. The number of ether oxygens (including phenoxy) is 1. The molecule has 13 nitrogen and oxygen atoms in total. The van der Waals surface area contributed by atoms with Crippen LogP contribution >= 0.6 is 36.6 Å². The van der Waals surface area contributed by atoms with E-state index >= 15 is 0 Å². The molecular weight excluding hydrogens is 737 g/mol. The number of hydrogen-bond acceptors (Lipinski definition) is 11. The van der Waals surface area contributed by atoms with Gasteiger partial charge in [-0.05, 0) is 63.6 Å². The highest BCUT2D eigenvalue weighted by molar-refractivity contribution is 7.98. The summed E-state index contributed by atoms with van der Waals surface area (Å²) < 4.78 is 5.52. The van der Waals surface area contributed by atoms with Crippen LogP contribution in [0.1, 0.15) is 62.5 Å². The highest BCUT2D eigenvalue weighted by Gasteiger charge is 2.29. The number of halogens is 2. The van der Waals surface area contributed by atoms with Crippen molar-refractivity contribution in [3.05, 3.63) is 65.0 Å². The van der Waals surface area contributed by atoms with Gasteiger partial charge in [0.25, 0.3) is 0 Å². The monoisotopic (exact) mass is 785 g/mol. The Balaban J connectivity index is 0.00000378. The van der Waals surface area contributed by atoms with E-state index in [-0.39, 0.29) is 54.6 Å². The number of hydrogen-bond donors (Lipinski definition) is 2. The topological polar surface area (TPSA) is 185 Å². The summed E-state index contributed by atoms with van der Waals surface area (Å²) in [4.78, 5) is 56.7. The van der Waals surface area contributed by atoms with Crippen molar-refractivity contribution < 1.29 is 19.1 Å². The Morgan fingerprint density at radius 1 is 0.925 bits per heavy atom. The van der Waals surface area contributed by atoms with Crippen molar-refractivity contribution in [2.45, 2.75) is 69.4 Å². The largest absolute Gasteiger partial charge is 0.444 e. The number of benzene rings is 1. The Morgan fingerprint density at radius 3 is 2.21 bits per heavy atom. The van der Waals surface area contributed by atoms with Crippen LogP contribution in [-0.4, -0.2) is 99.0 Å². The minimum Gasteiger partial charge on any atom is -0.444 e. The van der Waals surface area contributed by atoms with Gasteiger partial charge in [-0.15, -0.1) is 24.8 Å². The van der Waals surface area contributed by atoms with Crippen molar-refractivity contribution in [3.63, 3.8) is 0 Å². The lowest BCUT2D eigenvalue weighted by Gasteiger charge is -2.39. The van der Waals surface area contributed by atoms with Gasteiger partial charge in [-0.2, -0.15) is 5.26 Å². The number of carbonyl (C=O) groups excluding carboxylic acids is 3. The first kappa shape index (κ1) is 43.2. The molecule has 0 atom stereocenters. The summed E-state index contributed by atoms with van der Waals surface area (Å²) in [6, 6.07) is 15.0. The average molecular weight is 787 g/mol. The van der Waals surface area contributed by atoms with Crippen LogP contribution in [0.4, 0.5) is 10.6 Å². The van der Waals surface area contributed by atoms with E-state index in [0.717, 1.165) is 62.5 Å². The fourth-order valence-electron chi connectivity index (χ4n) is 6.27. The Hall–Kier alpha value is -4.16. The van der Waals surface area contributed by atoms with Crippen molar-refractivity contribution in [2.24, 2.45) is 11.7 Å². The van der Waals surface area contributed by atoms with Crippen molar-refractivity contribution >= 4 is 60.3 Å². The van der Waals surface area contributed by atoms with Gasteiger partial charge in [-0.25, -0.2) is 14.8 Å². The molecule has 3 aromatic rings. The van der Waals surface area contributed by atoms with Gasteiger partial charge in [0.05, 0.1) is 17.8 Å². The van der Waals surface area contributed by atoms with Crippen LogP contribution in [0.5, 0.6) is 0 Å². The third kappa shape index (κ3) is 12.7. The number of nitriles is 1. The quantitative estimate of drug-likeness (QED) is 0.200. The van der Waals surface area contributed by atoms with Crippen LogP contribution in [0.25, 0.3) is 11.3 Å². The van der Waals surface area contributed by atoms with Crippen LogP contribution in [0.15, 0.2) is 47.6 Å². The minimum absolute atomic E-state index is 0. The number of nitrogen functional groups attached to an aromatic ring is 1. The standard InChI is InChI=1S/C37H47N9O4S.2ClH/c1-37(2,3)50-36(49)46-15-13-26(14-16-46)23-44-17-19-45(20-18-44)32(48)12-11-28-5-4-6-29(41-28)24-51-35-42-33(30(22-38)34(40)43-35)27-9-7-25(8-10-27)21-31(39)47;;/h4-10,26H,11-21,23-24H2,1-3H3,(H2,39,47)(H2,40,42,43);2*1H. The molecule has 5 rings (SSSR count). The lowest BCUT2D eigenvalue weighted by molar-refractivity contribution is -0.133. The second-order valence-electron chi connectivity index (χ2n) is 14.1. The number of thioether (sulfide) groups is 1. The van der Waals surface area contributed by atoms with Gasteiger partial charge in [0.1, 0.15) is 23.1 Å². The molecule has 16 heteroatoms. The number of aromatic nitrogens is 3. The highest BCUT2D eigenvalue weighted by atomic mass is 35.5. The Kier molecular flexibility index (Phi) is 16.1. The van der Waals surface area contributed by atoms with Gasteiger partial charge < -0.3 is 26.0 Å². The summed E-state index contributed by atoms with van der Waals surface area (Å²) in [6.45, 7) is 11.2. The molecule has 286 valence electrons. The van der Waals surface area contributed by atoms with E-state index in [1.807, 2.05) is 48.8 Å². The van der Waals surface area contributed by atoms with Gasteiger partial charge >= 0.3 is 6.09 Å². The lowest BCUT2D eigenvalue weighted by Crippen LogP contribution is -2.51. The number of piperidine rings is 1. The molecule has 0 spiro atoms. The maximum atomic E-state index is 13.1. The molecule has 53 heavy (non-hydrogen) atoms. The predicted octanol–water partition coefficient (Wildman–Crippen LogP) is 4.88. The number of rotatable bonds is 11. The lowest BCUT2D eigenvalue weighted by atomic mass is 9.96. The van der Waals surface area contributed by atoms with Gasteiger partial charge in [-0.3, -0.25) is 19.5 Å². The molecule has 2 aromatic heterocycles. The SMILES string of the molecule is CC(C)(C)OC(=O)N1CCC(CN2CCN(C(=O)CCc3cccc(CSc4nc(N)c(C#N)c(-c5ccc(CC(N)=O)cc5)n4)n3)CC2)CC1.Cl.Cl. The van der Waals surface area contributed by atoms with Crippen molar-refractivity contribution in [3.8, 4) is 17.3 Å². The zero-order chi connectivity index (χ0) is 36.5. The molecule has 2 fully saturated rings. The first-order valence-corrected chi connectivity index (χ1v) is 18.4. The first-order valence-electron chi connectivity index (χ1n) is 17.4. The molecule has 3 amide bonds. The molecule has 2 saturated heterocycles. The smallest absolute Gasteiger partial charge is 0.410 e. The number of anilines is 1. The van der Waals surface area contributed by atoms with E-state index < -0.39 is 11.5 Å². The van der Waals surface area contributed by atoms with E-state index in [2.05, 4.69) is 20.9 Å². The fourth-order valence-corrected chi connectivity index (χ4v) is 7.03. The number of nitrogens with zero attached hydrogens (tertiary/aromatic N) is 7. The van der Waals surface area contributed by atoms with Crippen LogP contribution in [0.3, 0.4) is 0 Å². The molecule has 0 aliphatic carbocycles. The van der Waals surface area contributed by atoms with Crippen LogP contribution in [0, 0.1) is 17.2 Å². The molecule has 2 aliphatic rings. The summed E-state index contributed by atoms with van der Waals surface area (Å²) >= 11 is 1.36. The van der Waals surface area contributed by atoms with Crippen molar-refractivity contribution in [1.82, 2.24) is 29.7 Å². The van der Waals surface area contributed by atoms with E-state index in [0.29, 0.717) is 54.0 Å². The van der Waals surface area contributed by atoms with Crippen molar-refractivity contribution in [1.29, 1.82) is 5.26 Å². The molecule has 0 unspecified atom stereocenters. The first-order chi connectivity index (χ1) is 24.4. The number of carbonyl (C=O) groups is 3. The second kappa shape index (κ2) is 19.8. The maximum absolute atomic E-state index is 13.1. The van der Waals surface area contributed by atoms with Crippen LogP contribution in [0.2, 0.25) is 0 Å². The fraction of sp³-hybridized carbons (Fsp3) is 0.486. The number of amides is 3. The van der Waals surface area contributed by atoms with Gasteiger partial charge in [0.15, 0.2) is 5.16 Å². The number of primary amides is 1. The normalized spacial score (nSPS) is 15.1. The number of likely N-dealkylation sites (tertiary alicyclic amines) is 1. The molecule has 0 radical (unpaired) electrons. The molecule has 4 N–H and O–H groups in total. The summed E-state index contributed by atoms with van der Waals surface area (Å²) in [5, 5.41) is 10.1. The molecule has 1 aromatic carbocycles. The molecule has 4 heterocycles. The van der Waals surface area contributed by atoms with E-state index in [1.165, 1.54) is 11.8 Å². The van der Waals surface area contributed by atoms with E-state index in [4.69, 9.17) is 21.2 Å². The summed E-state index contributed by atoms with van der Waals surface area (Å²) in [6.07, 6.45) is 2.77. The minimum atomic E-state index is -0.483. The molecule has 0 saturated carbocycles. The third-order valence-corrected chi connectivity index (χ3v) is 9.83. The second-order valence-corrected chi connectivity index (χ2v) is 15.0. The molecule has 2 aliphatic heterocycles. The molecule has 0 bridgehead atoms. The van der Waals surface area contributed by atoms with Crippen molar-refractivity contribution in [2.75, 3.05) is 51.5 Å². The number of piperazine rings is 1. The van der Waals surface area contributed by atoms with Gasteiger partial charge in [-0.1, -0.05) is 42.1 Å². The maximum Gasteiger partial charge on any atom is 0.410 e. The van der Waals surface area contributed by atoms with E-state index in [9.17, 15) is 19.6 Å². The summed E-state index contributed by atoms with van der Waals surface area (Å²) in [7, 11) is 0. The zero-order valence-electron chi connectivity index (χ0n) is 30.5. The Labute approximate surface area is 328 Å². The van der Waals surface area contributed by atoms with E-state index in [1.54, 1.807) is 24.3 Å². The number of pyridine rings is 1. The number of aryl methyl sites for hydroxylation is 1. The van der Waals surface area contributed by atoms with Crippen LogP contribution in [-0.2, 0) is 32.9 Å². The Bertz CT molecular complexity index is 1750. The van der Waals surface area contributed by atoms with Crippen LogP contribution < -0.4 is 11.5 Å². The average Bonchev–Trinajstić information content (AvgIpc) is 3.09. The summed E-state index contributed by atoms with van der Waals surface area (Å²) in [5.74, 6) is 0.822. The predicted molar refractivity (Wildman–Crippen MR) is 210 cm³/mol. The number of nitrogens with two attached hydrogens (primary N) is 2. The Morgan fingerprint density at radius 2 is 1.58 bits per heavy atom. The van der Waals surface area contributed by atoms with Gasteiger partial charge in [0, 0.05) is 69.2 Å². The molecular formula is C37H49Cl2N9O4S. The zero-order valence-corrected chi connectivity index (χ0v) is 32.9.